The molecule has 0 radical (unpaired) electrons. The molecule has 3 N–H and O–H groups in total. The number of carbonyl (C=O) groups is 1. The summed E-state index contributed by atoms with van der Waals surface area (Å²) in [5.74, 6) is 0. The third-order valence-electron chi connectivity index (χ3n) is 0. The van der Waals surface area contributed by atoms with Crippen molar-refractivity contribution in [1.29, 1.82) is 0 Å². The van der Waals surface area contributed by atoms with Crippen LogP contribution in [0.4, 0.5) is 4.79 Å². The maximum absolute atomic E-state index is 8.78. The van der Waals surface area contributed by atoms with Gasteiger partial charge in [-0.2, -0.15) is 0 Å². The SMILES string of the molecule is NC(=O)O.[H-].[H-].[H-].[H-].[Na+].[Na+].[Na+].[Na+]. The Morgan fingerprint density at radius 2 is 1.25 bits per heavy atom. The van der Waals surface area contributed by atoms with Gasteiger partial charge in [-0.1, -0.05) is 0 Å². The van der Waals surface area contributed by atoms with E-state index in [1.54, 1.807) is 0 Å². The maximum atomic E-state index is 8.78. The second kappa shape index (κ2) is 22.4. The van der Waals surface area contributed by atoms with Gasteiger partial charge in [0.2, 0.25) is 0 Å². The normalized spacial score (nSPS) is 3.00. The molecular formula is CH7NNa4O2. The Hall–Kier alpha value is 3.27. The minimum Gasteiger partial charge on any atom is -1.00 e. The first-order valence-electron chi connectivity index (χ1n) is 0.716. The Kier molecular flexibility index (Phi) is 84.8. The van der Waals surface area contributed by atoms with Gasteiger partial charge >= 0.3 is 124 Å². The largest absolute Gasteiger partial charge is 1.00 e. The topological polar surface area (TPSA) is 63.3 Å². The summed E-state index contributed by atoms with van der Waals surface area (Å²) in [5.41, 5.74) is 4.03. The van der Waals surface area contributed by atoms with Crippen LogP contribution < -0.4 is 124 Å². The minimum absolute atomic E-state index is 0. The zero-order chi connectivity index (χ0) is 3.58. The molecule has 0 bridgehead atoms. The van der Waals surface area contributed by atoms with E-state index in [1.807, 2.05) is 0 Å². The summed E-state index contributed by atoms with van der Waals surface area (Å²) in [6.45, 7) is 0. The summed E-state index contributed by atoms with van der Waals surface area (Å²) < 4.78 is 0. The van der Waals surface area contributed by atoms with Crippen molar-refractivity contribution in [3.63, 3.8) is 0 Å². The van der Waals surface area contributed by atoms with Crippen molar-refractivity contribution < 1.29 is 134 Å². The fraction of sp³-hybridized carbons (Fsp3) is 0. The van der Waals surface area contributed by atoms with Gasteiger partial charge in [-0.05, 0) is 0 Å². The average molecular weight is 157 g/mol. The second-order valence-electron chi connectivity index (χ2n) is 0.338. The monoisotopic (exact) mass is 157 g/mol. The van der Waals surface area contributed by atoms with E-state index in [0.29, 0.717) is 0 Å². The van der Waals surface area contributed by atoms with E-state index in [0.717, 1.165) is 0 Å². The smallest absolute Gasteiger partial charge is 1.00 e. The summed E-state index contributed by atoms with van der Waals surface area (Å²) in [6, 6.07) is 0. The summed E-state index contributed by atoms with van der Waals surface area (Å²) in [7, 11) is 0. The number of hydrogen-bond acceptors (Lipinski definition) is 1. The molecule has 0 saturated heterocycles. The number of nitrogens with two attached hydrogens (primary N) is 1. The average Bonchev–Trinajstić information content (AvgIpc) is 0.811. The van der Waals surface area contributed by atoms with E-state index in [2.05, 4.69) is 5.73 Å². The quantitative estimate of drug-likeness (QED) is 0.343. The fourth-order valence-electron chi connectivity index (χ4n) is 0. The molecule has 0 aliphatic carbocycles. The Labute approximate surface area is 143 Å². The van der Waals surface area contributed by atoms with Crippen molar-refractivity contribution in [2.75, 3.05) is 0 Å². The van der Waals surface area contributed by atoms with E-state index in [9.17, 15) is 0 Å². The van der Waals surface area contributed by atoms with Gasteiger partial charge in [0.25, 0.3) is 0 Å². The van der Waals surface area contributed by atoms with Crippen molar-refractivity contribution in [2.45, 2.75) is 0 Å². The molecule has 0 atom stereocenters. The van der Waals surface area contributed by atoms with Gasteiger partial charge in [0.05, 0.1) is 0 Å². The van der Waals surface area contributed by atoms with Crippen LogP contribution >= 0.6 is 0 Å². The fourth-order valence-corrected chi connectivity index (χ4v) is 0. The van der Waals surface area contributed by atoms with Crippen LogP contribution in [0, 0.1) is 0 Å². The van der Waals surface area contributed by atoms with Crippen LogP contribution in [-0.2, 0) is 0 Å². The van der Waals surface area contributed by atoms with E-state index in [4.69, 9.17) is 9.90 Å². The second-order valence-corrected chi connectivity index (χ2v) is 0.338. The van der Waals surface area contributed by atoms with Gasteiger partial charge in [-0.3, -0.25) is 0 Å². The maximum Gasteiger partial charge on any atom is 1.00 e. The summed E-state index contributed by atoms with van der Waals surface area (Å²) in [4.78, 5) is 8.78. The zero-order valence-electron chi connectivity index (χ0n) is 9.93. The molecule has 0 aromatic carbocycles. The molecule has 3 nitrogen and oxygen atoms in total. The molecule has 0 rings (SSSR count). The molecule has 0 saturated carbocycles. The molecule has 0 spiro atoms. The molecule has 0 fully saturated rings. The van der Waals surface area contributed by atoms with E-state index < -0.39 is 6.09 Å². The predicted molar refractivity (Wildman–Crippen MR) is 16.7 cm³/mol. The third kappa shape index (κ3) is 59.3. The number of amides is 1. The van der Waals surface area contributed by atoms with Gasteiger partial charge in [0.1, 0.15) is 0 Å². The van der Waals surface area contributed by atoms with Crippen molar-refractivity contribution >= 4 is 6.09 Å². The molecule has 0 heterocycles. The zero-order valence-corrected chi connectivity index (χ0v) is 13.9. The molecule has 7 heteroatoms. The summed E-state index contributed by atoms with van der Waals surface area (Å²) in [6.07, 6.45) is -1.33. The third-order valence-corrected chi connectivity index (χ3v) is 0. The number of carboxylic acid groups (broad SMARTS) is 1. The molecule has 0 aromatic heterocycles. The Bertz CT molecular complexity index is 48.0. The van der Waals surface area contributed by atoms with Crippen LogP contribution in [0.1, 0.15) is 5.71 Å². The molecule has 0 aromatic rings. The van der Waals surface area contributed by atoms with Crippen LogP contribution in [0.15, 0.2) is 0 Å². The molecule has 0 aliphatic rings. The van der Waals surface area contributed by atoms with Gasteiger partial charge in [0, 0.05) is 0 Å². The molecule has 0 aliphatic heterocycles. The number of primary amides is 1. The van der Waals surface area contributed by atoms with Crippen molar-refractivity contribution in [3.05, 3.63) is 0 Å². The standard InChI is InChI=1S/CH3NO2.4Na.4H/c2-1(3)4;;;;;;;;/h2H2,(H,3,4);;;;;;;;/q;4*+1;4*-1. The molecule has 32 valence electrons. The number of hydrogen-bond donors (Lipinski definition) is 2. The van der Waals surface area contributed by atoms with Crippen molar-refractivity contribution in [1.82, 2.24) is 0 Å². The Balaban J connectivity index is -0.00000000161. The van der Waals surface area contributed by atoms with Crippen LogP contribution in [0.3, 0.4) is 0 Å². The first-order valence-corrected chi connectivity index (χ1v) is 0.716. The first-order chi connectivity index (χ1) is 1.73. The summed E-state index contributed by atoms with van der Waals surface area (Å²) in [5, 5.41) is 7.19. The molecular weight excluding hydrogens is 150 g/mol. The Morgan fingerprint density at radius 1 is 1.25 bits per heavy atom. The van der Waals surface area contributed by atoms with E-state index in [-0.39, 0.29) is 124 Å². The van der Waals surface area contributed by atoms with E-state index >= 15 is 0 Å². The van der Waals surface area contributed by atoms with Crippen LogP contribution in [0.2, 0.25) is 0 Å². The van der Waals surface area contributed by atoms with Gasteiger partial charge in [-0.25, -0.2) is 4.79 Å². The van der Waals surface area contributed by atoms with Gasteiger partial charge in [-0.15, -0.1) is 0 Å². The Morgan fingerprint density at radius 3 is 1.25 bits per heavy atom. The van der Waals surface area contributed by atoms with Crippen molar-refractivity contribution in [3.8, 4) is 0 Å². The molecule has 8 heavy (non-hydrogen) atoms. The van der Waals surface area contributed by atoms with Crippen molar-refractivity contribution in [2.24, 2.45) is 5.73 Å². The molecule has 0 unspecified atom stereocenters. The van der Waals surface area contributed by atoms with Gasteiger partial charge in [0.15, 0.2) is 0 Å². The minimum atomic E-state index is -1.33. The van der Waals surface area contributed by atoms with Crippen LogP contribution in [-0.4, -0.2) is 11.2 Å². The first kappa shape index (κ1) is 30.2. The van der Waals surface area contributed by atoms with Crippen LogP contribution in [0.5, 0.6) is 0 Å². The predicted octanol–water partition coefficient (Wildman–Crippen LogP) is -11.9. The van der Waals surface area contributed by atoms with E-state index in [1.165, 1.54) is 0 Å². The van der Waals surface area contributed by atoms with Gasteiger partial charge < -0.3 is 16.5 Å². The molecule has 1 amide bonds. The number of rotatable bonds is 0. The summed E-state index contributed by atoms with van der Waals surface area (Å²) >= 11 is 0. The van der Waals surface area contributed by atoms with Crippen LogP contribution in [0.25, 0.3) is 0 Å².